The van der Waals surface area contributed by atoms with Crippen molar-refractivity contribution in [3.8, 4) is 11.8 Å². The van der Waals surface area contributed by atoms with Gasteiger partial charge in [-0.15, -0.1) is 0 Å². The maximum atomic E-state index is 11.9. The molecule has 8 rings (SSSR count). The van der Waals surface area contributed by atoms with E-state index in [1.54, 1.807) is 0 Å². The molecule has 8 aliphatic carbocycles. The minimum absolute atomic E-state index is 0.118. The maximum absolute atomic E-state index is 11.9. The van der Waals surface area contributed by atoms with Crippen LogP contribution in [0.5, 0.6) is 0 Å². The van der Waals surface area contributed by atoms with Crippen molar-refractivity contribution in [1.29, 1.82) is 0 Å². The molecule has 0 unspecified atom stereocenters. The lowest BCUT2D eigenvalue weighted by molar-refractivity contribution is -0.145. The molecule has 0 saturated heterocycles. The van der Waals surface area contributed by atoms with Crippen molar-refractivity contribution in [3.63, 3.8) is 0 Å². The van der Waals surface area contributed by atoms with Crippen LogP contribution in [0.1, 0.15) is 143 Å². The highest BCUT2D eigenvalue weighted by Crippen LogP contribution is 2.68. The summed E-state index contributed by atoms with van der Waals surface area (Å²) in [5.74, 6) is 12.0. The number of rotatable bonds is 0. The molecule has 0 bridgehead atoms. The molecule has 8 fully saturated rings. The summed E-state index contributed by atoms with van der Waals surface area (Å²) < 4.78 is 0. The summed E-state index contributed by atoms with van der Waals surface area (Å²) in [6.45, 7) is 9.79. The highest BCUT2D eigenvalue weighted by Gasteiger charge is 2.63. The van der Waals surface area contributed by atoms with Crippen molar-refractivity contribution in [3.05, 3.63) is 0 Å². The van der Waals surface area contributed by atoms with E-state index in [0.29, 0.717) is 35.5 Å². The summed E-state index contributed by atoms with van der Waals surface area (Å²) in [5, 5.41) is 45.5. The molecule has 8 saturated carbocycles. The summed E-state index contributed by atoms with van der Waals surface area (Å²) in [6, 6.07) is 0. The lowest BCUT2D eigenvalue weighted by Crippen LogP contribution is -2.56. The second-order valence-corrected chi connectivity index (χ2v) is 19.3. The fourth-order valence-electron chi connectivity index (χ4n) is 14.9. The Balaban J connectivity index is 0.951. The first-order chi connectivity index (χ1) is 20.7. The predicted molar refractivity (Wildman–Crippen MR) is 173 cm³/mol. The summed E-state index contributed by atoms with van der Waals surface area (Å²) in [6.07, 6.45) is 18.8. The van der Waals surface area contributed by atoms with Crippen LogP contribution in [0.3, 0.4) is 0 Å². The quantitative estimate of drug-likeness (QED) is 0.219. The third-order valence-electron chi connectivity index (χ3n) is 17.9. The van der Waals surface area contributed by atoms with Crippen molar-refractivity contribution in [2.45, 2.75) is 167 Å². The summed E-state index contributed by atoms with van der Waals surface area (Å²) in [4.78, 5) is 0. The number of aliphatic hydroxyl groups is 4. The normalized spacial score (nSPS) is 61.3. The minimum Gasteiger partial charge on any atom is -0.393 e. The van der Waals surface area contributed by atoms with E-state index in [1.165, 1.54) is 51.4 Å². The largest absolute Gasteiger partial charge is 0.393 e. The second kappa shape index (κ2) is 9.96. The molecule has 0 heterocycles. The average molecular weight is 607 g/mol. The zero-order chi connectivity index (χ0) is 30.9. The molecule has 4 heteroatoms. The Labute approximate surface area is 267 Å². The van der Waals surface area contributed by atoms with Crippen LogP contribution < -0.4 is 0 Å². The molecule has 0 spiro atoms. The van der Waals surface area contributed by atoms with Crippen LogP contribution in [0.2, 0.25) is 0 Å². The minimum atomic E-state index is -0.977. The van der Waals surface area contributed by atoms with E-state index in [1.807, 2.05) is 0 Å². The van der Waals surface area contributed by atoms with E-state index in [4.69, 9.17) is 0 Å². The number of hydrogen-bond acceptors (Lipinski definition) is 4. The van der Waals surface area contributed by atoms with Crippen LogP contribution in [-0.2, 0) is 0 Å². The topological polar surface area (TPSA) is 80.9 Å². The van der Waals surface area contributed by atoms with Gasteiger partial charge in [0.05, 0.1) is 12.2 Å². The molecule has 4 nitrogen and oxygen atoms in total. The van der Waals surface area contributed by atoms with E-state index in [0.717, 1.165) is 76.0 Å². The fourth-order valence-corrected chi connectivity index (χ4v) is 14.9. The van der Waals surface area contributed by atoms with Gasteiger partial charge in [-0.25, -0.2) is 0 Å². The van der Waals surface area contributed by atoms with E-state index in [-0.39, 0.29) is 33.9 Å². The maximum Gasteiger partial charge on any atom is 0.125 e. The summed E-state index contributed by atoms with van der Waals surface area (Å²) in [5.41, 5.74) is -1.19. The Morgan fingerprint density at radius 3 is 1.23 bits per heavy atom. The van der Waals surface area contributed by atoms with Crippen LogP contribution in [-0.4, -0.2) is 43.8 Å². The smallest absolute Gasteiger partial charge is 0.125 e. The lowest BCUT2D eigenvalue weighted by Gasteiger charge is -2.61. The third-order valence-corrected chi connectivity index (χ3v) is 17.9. The molecule has 44 heavy (non-hydrogen) atoms. The molecule has 0 aromatic carbocycles. The zero-order valence-electron chi connectivity index (χ0n) is 28.3. The van der Waals surface area contributed by atoms with Gasteiger partial charge in [0.2, 0.25) is 0 Å². The van der Waals surface area contributed by atoms with Crippen LogP contribution >= 0.6 is 0 Å². The molecule has 246 valence electrons. The van der Waals surface area contributed by atoms with Crippen molar-refractivity contribution < 1.29 is 20.4 Å². The standard InChI is InChI=1S/C40H62O4/c1-35-17-19-39(43,23-25(35)5-7-27-29-9-11-33(41)37(29,3)15-13-31(27)35)21-22-40(44)20-18-36(2)26(24-40)6-8-28-30-10-12-34(42)38(30,4)16-14-32(28)36/h25-34,41-44H,5-20,23-24H2,1-4H3/t25-,26-,27-,28-,29-,30+,31-,32-,33-,34-,35-,36-,37-,38-,39+,40-/m0/s1. The molecule has 4 N–H and O–H groups in total. The van der Waals surface area contributed by atoms with Gasteiger partial charge in [-0.1, -0.05) is 39.5 Å². The molecule has 0 aromatic rings. The van der Waals surface area contributed by atoms with Crippen molar-refractivity contribution in [1.82, 2.24) is 0 Å². The Hall–Kier alpha value is -0.600. The number of hydrogen-bond donors (Lipinski definition) is 4. The molecule has 0 radical (unpaired) electrons. The van der Waals surface area contributed by atoms with Gasteiger partial charge in [0.1, 0.15) is 11.2 Å². The monoisotopic (exact) mass is 606 g/mol. The van der Waals surface area contributed by atoms with Crippen molar-refractivity contribution in [2.75, 3.05) is 0 Å². The molecule has 0 aromatic heterocycles. The van der Waals surface area contributed by atoms with E-state index in [9.17, 15) is 20.4 Å². The molecular weight excluding hydrogens is 544 g/mol. The third kappa shape index (κ3) is 4.23. The Kier molecular flexibility index (Phi) is 6.96. The van der Waals surface area contributed by atoms with Gasteiger partial charge in [-0.3, -0.25) is 0 Å². The van der Waals surface area contributed by atoms with Gasteiger partial charge in [0.25, 0.3) is 0 Å². The van der Waals surface area contributed by atoms with Crippen LogP contribution in [0.4, 0.5) is 0 Å². The molecule has 0 aliphatic heterocycles. The van der Waals surface area contributed by atoms with Crippen LogP contribution in [0.25, 0.3) is 0 Å². The van der Waals surface area contributed by atoms with Gasteiger partial charge in [0, 0.05) is 0 Å². The fraction of sp³-hybridized carbons (Fsp3) is 0.950. The second-order valence-electron chi connectivity index (χ2n) is 19.3. The van der Waals surface area contributed by atoms with E-state index in [2.05, 4.69) is 39.5 Å². The van der Waals surface area contributed by atoms with E-state index >= 15 is 0 Å². The number of aliphatic hydroxyl groups excluding tert-OH is 2. The lowest BCUT2D eigenvalue weighted by atomic mass is 9.44. The first-order valence-corrected chi connectivity index (χ1v) is 19.1. The molecule has 16 atom stereocenters. The highest BCUT2D eigenvalue weighted by molar-refractivity contribution is 5.26. The summed E-state index contributed by atoms with van der Waals surface area (Å²) in [7, 11) is 0. The SMILES string of the molecule is C[C@]12CC[C@H]3[C@@H](CC[C@H]4C[C@@](O)(C#C[C@]5(O)CC[C@@]6(C)[C@@H](CC[C@@H]7[C@@H]6CC[C@]6(C)[C@@H](O)CC[C@@H]76)C5)CC[C@@]43C)[C@H]1CC[C@@H]2O. The van der Waals surface area contributed by atoms with Gasteiger partial charge >= 0.3 is 0 Å². The Bertz CT molecular complexity index is 1130. The van der Waals surface area contributed by atoms with Gasteiger partial charge in [0.15, 0.2) is 0 Å². The first kappa shape index (κ1) is 30.7. The Morgan fingerprint density at radius 2 is 0.818 bits per heavy atom. The average Bonchev–Trinajstić information content (AvgIpc) is 3.47. The molecule has 8 aliphatic rings. The first-order valence-electron chi connectivity index (χ1n) is 19.1. The van der Waals surface area contributed by atoms with Crippen molar-refractivity contribution >= 4 is 0 Å². The Morgan fingerprint density at radius 1 is 0.432 bits per heavy atom. The van der Waals surface area contributed by atoms with Crippen LogP contribution in [0.15, 0.2) is 0 Å². The van der Waals surface area contributed by atoms with Gasteiger partial charge < -0.3 is 20.4 Å². The zero-order valence-corrected chi connectivity index (χ0v) is 28.3. The highest BCUT2D eigenvalue weighted by atomic mass is 16.3. The van der Waals surface area contributed by atoms with Crippen LogP contribution in [0, 0.1) is 80.8 Å². The molecule has 0 amide bonds. The van der Waals surface area contributed by atoms with Gasteiger partial charge in [-0.2, -0.15) is 0 Å². The molecular formula is C40H62O4. The van der Waals surface area contributed by atoms with Crippen molar-refractivity contribution in [2.24, 2.45) is 69.0 Å². The van der Waals surface area contributed by atoms with Gasteiger partial charge in [-0.05, 0) is 185 Å². The predicted octanol–water partition coefficient (Wildman–Crippen LogP) is 7.26. The van der Waals surface area contributed by atoms with E-state index < -0.39 is 11.2 Å². The number of fused-ring (bicyclic) bond motifs is 10. The summed E-state index contributed by atoms with van der Waals surface area (Å²) >= 11 is 0.